The van der Waals surface area contributed by atoms with Crippen molar-refractivity contribution in [2.45, 2.75) is 23.2 Å². The zero-order chi connectivity index (χ0) is 10.0. The molecule has 2 atom stereocenters. The molecular formula is C11H16S3. The summed E-state index contributed by atoms with van der Waals surface area (Å²) in [6.45, 7) is 0. The van der Waals surface area contributed by atoms with E-state index in [1.807, 2.05) is 0 Å². The highest BCUT2D eigenvalue weighted by molar-refractivity contribution is 8.89. The first-order valence-electron chi connectivity index (χ1n) is 4.93. The summed E-state index contributed by atoms with van der Waals surface area (Å²) in [4.78, 5) is 0. The zero-order valence-electron chi connectivity index (χ0n) is 8.10. The first-order chi connectivity index (χ1) is 6.71. The van der Waals surface area contributed by atoms with Gasteiger partial charge in [0.1, 0.15) is 0 Å². The third-order valence-corrected chi connectivity index (χ3v) is 9.46. The first kappa shape index (κ1) is 10.8. The normalized spacial score (nSPS) is 36.6. The summed E-state index contributed by atoms with van der Waals surface area (Å²) in [7, 11) is -0.777. The van der Waals surface area contributed by atoms with E-state index < -0.39 is 9.06 Å². The van der Waals surface area contributed by atoms with Crippen molar-refractivity contribution in [1.29, 1.82) is 0 Å². The number of thiol groups is 2. The third-order valence-electron chi connectivity index (χ3n) is 2.71. The van der Waals surface area contributed by atoms with Crippen LogP contribution >= 0.6 is 33.3 Å². The Hall–Kier alpha value is 0.270. The average Bonchev–Trinajstić information content (AvgIpc) is 2.48. The van der Waals surface area contributed by atoms with Gasteiger partial charge in [0, 0.05) is 10.3 Å². The van der Waals surface area contributed by atoms with Crippen molar-refractivity contribution in [3.8, 4) is 0 Å². The minimum atomic E-state index is -0.777. The molecule has 2 rings (SSSR count). The summed E-state index contributed by atoms with van der Waals surface area (Å²) in [5.74, 6) is 2.41. The van der Waals surface area contributed by atoms with E-state index in [1.54, 1.807) is 0 Å². The molecule has 1 saturated heterocycles. The van der Waals surface area contributed by atoms with Crippen LogP contribution < -0.4 is 0 Å². The highest BCUT2D eigenvalue weighted by Crippen LogP contribution is 2.66. The summed E-state index contributed by atoms with van der Waals surface area (Å²) >= 11 is 9.56. The van der Waals surface area contributed by atoms with E-state index in [0.29, 0.717) is 4.58 Å². The van der Waals surface area contributed by atoms with Crippen molar-refractivity contribution in [2.75, 3.05) is 5.75 Å². The fraction of sp³-hybridized carbons (Fsp3) is 0.455. The summed E-state index contributed by atoms with van der Waals surface area (Å²) < 4.78 is 0.533. The van der Waals surface area contributed by atoms with Crippen molar-refractivity contribution in [2.24, 2.45) is 0 Å². The Morgan fingerprint density at radius 2 is 2.00 bits per heavy atom. The van der Waals surface area contributed by atoms with Crippen LogP contribution in [0.3, 0.4) is 0 Å². The maximum absolute atomic E-state index is 4.89. The Balaban J connectivity index is 2.10. The molecule has 0 aliphatic carbocycles. The molecule has 3 heteroatoms. The SMILES string of the molecule is SC1CCCS1(S)Cc1ccccc1. The van der Waals surface area contributed by atoms with Gasteiger partial charge in [-0.25, -0.2) is 0 Å². The monoisotopic (exact) mass is 244 g/mol. The summed E-state index contributed by atoms with van der Waals surface area (Å²) in [5, 5.41) is 0. The fourth-order valence-corrected chi connectivity index (χ4v) is 6.42. The van der Waals surface area contributed by atoms with Crippen LogP contribution in [0.1, 0.15) is 18.4 Å². The summed E-state index contributed by atoms with van der Waals surface area (Å²) in [6, 6.07) is 10.7. The van der Waals surface area contributed by atoms with E-state index in [4.69, 9.17) is 11.7 Å². The predicted octanol–water partition coefficient (Wildman–Crippen LogP) is 3.89. The number of rotatable bonds is 2. The lowest BCUT2D eigenvalue weighted by molar-refractivity contribution is 0.927. The predicted molar refractivity (Wildman–Crippen MR) is 73.6 cm³/mol. The van der Waals surface area contributed by atoms with Crippen LogP contribution in [0.4, 0.5) is 0 Å². The molecule has 0 spiro atoms. The molecule has 1 heterocycles. The molecule has 1 aliphatic heterocycles. The first-order valence-corrected chi connectivity index (χ1v) is 8.53. The molecular weight excluding hydrogens is 228 g/mol. The van der Waals surface area contributed by atoms with Gasteiger partial charge in [0.05, 0.1) is 0 Å². The molecule has 0 saturated carbocycles. The standard InChI is InChI=1S/C11H16S3/c12-11-7-4-8-14(11,13)9-10-5-2-1-3-6-10/h1-3,5-6,11-13H,4,7-9H2. The van der Waals surface area contributed by atoms with E-state index in [0.717, 1.165) is 5.75 Å². The molecule has 1 aliphatic rings. The lowest BCUT2D eigenvalue weighted by atomic mass is 10.2. The van der Waals surface area contributed by atoms with Gasteiger partial charge in [0.2, 0.25) is 0 Å². The van der Waals surface area contributed by atoms with Crippen molar-refractivity contribution < 1.29 is 0 Å². The maximum atomic E-state index is 4.89. The smallest absolute Gasteiger partial charge is 0.0400 e. The van der Waals surface area contributed by atoms with Gasteiger partial charge >= 0.3 is 0 Å². The minimum absolute atomic E-state index is 0.533. The van der Waals surface area contributed by atoms with E-state index in [2.05, 4.69) is 43.0 Å². The maximum Gasteiger partial charge on any atom is 0.0400 e. The van der Waals surface area contributed by atoms with E-state index in [-0.39, 0.29) is 0 Å². The van der Waals surface area contributed by atoms with Gasteiger partial charge in [-0.1, -0.05) is 30.3 Å². The van der Waals surface area contributed by atoms with Gasteiger partial charge < -0.3 is 0 Å². The van der Waals surface area contributed by atoms with Crippen molar-refractivity contribution in [1.82, 2.24) is 0 Å². The second kappa shape index (κ2) is 4.42. The van der Waals surface area contributed by atoms with Crippen LogP contribution in [0.2, 0.25) is 0 Å². The number of hydrogen-bond acceptors (Lipinski definition) is 2. The second-order valence-corrected chi connectivity index (χ2v) is 10.1. The fourth-order valence-electron chi connectivity index (χ4n) is 1.89. The Morgan fingerprint density at radius 1 is 1.29 bits per heavy atom. The zero-order valence-corrected chi connectivity index (χ0v) is 10.7. The van der Waals surface area contributed by atoms with E-state index in [9.17, 15) is 0 Å². The van der Waals surface area contributed by atoms with Gasteiger partial charge in [0.25, 0.3) is 0 Å². The van der Waals surface area contributed by atoms with Gasteiger partial charge in [-0.3, -0.25) is 0 Å². The van der Waals surface area contributed by atoms with Gasteiger partial charge in [-0.15, -0.1) is 11.7 Å². The molecule has 0 aromatic heterocycles. The lowest BCUT2D eigenvalue weighted by Gasteiger charge is -2.33. The third kappa shape index (κ3) is 2.26. The molecule has 78 valence electrons. The molecule has 14 heavy (non-hydrogen) atoms. The molecule has 1 aromatic carbocycles. The Labute approximate surface area is 98.0 Å². The molecule has 2 unspecified atom stereocenters. The van der Waals surface area contributed by atoms with Crippen molar-refractivity contribution >= 4 is 33.3 Å². The topological polar surface area (TPSA) is 0 Å². The minimum Gasteiger partial charge on any atom is -0.179 e. The van der Waals surface area contributed by atoms with Crippen LogP contribution in [-0.2, 0) is 5.75 Å². The van der Waals surface area contributed by atoms with Crippen LogP contribution in [0.25, 0.3) is 0 Å². The number of benzene rings is 1. The molecule has 0 amide bonds. The van der Waals surface area contributed by atoms with Crippen molar-refractivity contribution in [3.05, 3.63) is 35.9 Å². The van der Waals surface area contributed by atoms with E-state index in [1.165, 1.54) is 24.2 Å². The lowest BCUT2D eigenvalue weighted by Crippen LogP contribution is -2.04. The molecule has 1 fully saturated rings. The van der Waals surface area contributed by atoms with Gasteiger partial charge in [-0.05, 0) is 24.2 Å². The highest BCUT2D eigenvalue weighted by atomic mass is 33.1. The molecule has 0 radical (unpaired) electrons. The molecule has 0 N–H and O–H groups in total. The quantitative estimate of drug-likeness (QED) is 0.572. The van der Waals surface area contributed by atoms with E-state index >= 15 is 0 Å². The van der Waals surface area contributed by atoms with Crippen LogP contribution in [0.15, 0.2) is 30.3 Å². The van der Waals surface area contributed by atoms with Gasteiger partial charge in [-0.2, -0.15) is 21.7 Å². The average molecular weight is 244 g/mol. The van der Waals surface area contributed by atoms with Crippen molar-refractivity contribution in [3.63, 3.8) is 0 Å². The van der Waals surface area contributed by atoms with Crippen LogP contribution in [-0.4, -0.2) is 10.3 Å². The molecule has 0 nitrogen and oxygen atoms in total. The molecule has 0 bridgehead atoms. The summed E-state index contributed by atoms with van der Waals surface area (Å²) in [6.07, 6.45) is 2.55. The van der Waals surface area contributed by atoms with Crippen LogP contribution in [0, 0.1) is 0 Å². The van der Waals surface area contributed by atoms with Crippen LogP contribution in [0.5, 0.6) is 0 Å². The Kier molecular flexibility index (Phi) is 3.40. The Bertz CT molecular complexity index is 299. The summed E-state index contributed by atoms with van der Waals surface area (Å²) in [5.41, 5.74) is 1.42. The highest BCUT2D eigenvalue weighted by Gasteiger charge is 2.32. The number of hydrogen-bond donors (Lipinski definition) is 2. The second-order valence-electron chi connectivity index (χ2n) is 3.83. The Morgan fingerprint density at radius 3 is 2.57 bits per heavy atom. The van der Waals surface area contributed by atoms with Gasteiger partial charge in [0.15, 0.2) is 0 Å². The molecule has 1 aromatic rings. The largest absolute Gasteiger partial charge is 0.179 e.